The normalized spacial score (nSPS) is 11.1. The molecule has 0 atom stereocenters. The number of methoxy groups -OCH3 is 3. The highest BCUT2D eigenvalue weighted by Gasteiger charge is 2.17. The Balaban J connectivity index is 2.22. The summed E-state index contributed by atoms with van der Waals surface area (Å²) in [6, 6.07) is 10.6. The van der Waals surface area contributed by atoms with Crippen molar-refractivity contribution in [3.8, 4) is 17.2 Å². The minimum absolute atomic E-state index is 0.161. The molecule has 8 nitrogen and oxygen atoms in total. The van der Waals surface area contributed by atoms with Crippen LogP contribution >= 0.6 is 0 Å². The molecule has 0 aliphatic carbocycles. The molecule has 8 heteroatoms. The van der Waals surface area contributed by atoms with Crippen molar-refractivity contribution in [1.82, 2.24) is 14.0 Å². The summed E-state index contributed by atoms with van der Waals surface area (Å²) in [6.45, 7) is 1.23. The van der Waals surface area contributed by atoms with Crippen LogP contribution in [-0.4, -0.2) is 56.0 Å². The monoisotopic (exact) mass is 413 g/mol. The van der Waals surface area contributed by atoms with Crippen LogP contribution < -0.4 is 25.5 Å². The molecule has 0 unspecified atom stereocenters. The van der Waals surface area contributed by atoms with Crippen LogP contribution in [0.5, 0.6) is 17.2 Å². The molecule has 0 N–H and O–H groups in total. The smallest absolute Gasteiger partial charge is 0.331 e. The SMILES string of the molecule is COc1ccc(Cn2c(=O)c3cc(OC)c(OC)cc3n(CCN(C)C)c2=O)cc1. The summed E-state index contributed by atoms with van der Waals surface area (Å²) in [5, 5.41) is 0.402. The minimum Gasteiger partial charge on any atom is -0.497 e. The maximum atomic E-state index is 13.3. The number of benzene rings is 2. The number of hydrogen-bond donors (Lipinski definition) is 0. The molecule has 0 spiro atoms. The third kappa shape index (κ3) is 4.18. The van der Waals surface area contributed by atoms with E-state index in [1.165, 1.54) is 18.8 Å². The first-order valence-electron chi connectivity index (χ1n) is 9.56. The second-order valence-electron chi connectivity index (χ2n) is 7.20. The lowest BCUT2D eigenvalue weighted by Crippen LogP contribution is -2.41. The van der Waals surface area contributed by atoms with Crippen LogP contribution in [0.4, 0.5) is 0 Å². The van der Waals surface area contributed by atoms with Crippen molar-refractivity contribution in [2.24, 2.45) is 0 Å². The standard InChI is InChI=1S/C22H27N3O5/c1-23(2)10-11-24-18-13-20(30-5)19(29-4)12-17(18)21(26)25(22(24)27)14-15-6-8-16(28-3)9-7-15/h6-9,12-13H,10-11,14H2,1-5H3. The van der Waals surface area contributed by atoms with Gasteiger partial charge in [-0.2, -0.15) is 0 Å². The Kier molecular flexibility index (Phi) is 6.47. The number of rotatable bonds is 8. The molecular formula is C22H27N3O5. The van der Waals surface area contributed by atoms with Crippen molar-refractivity contribution in [2.75, 3.05) is 42.0 Å². The fraction of sp³-hybridized carbons (Fsp3) is 0.364. The van der Waals surface area contributed by atoms with Gasteiger partial charge in [-0.25, -0.2) is 4.79 Å². The van der Waals surface area contributed by atoms with E-state index in [1.807, 2.05) is 31.1 Å². The van der Waals surface area contributed by atoms with Crippen LogP contribution in [0.25, 0.3) is 10.9 Å². The molecule has 0 radical (unpaired) electrons. The Labute approximate surface area is 174 Å². The molecule has 1 aromatic heterocycles. The van der Waals surface area contributed by atoms with Crippen molar-refractivity contribution < 1.29 is 14.2 Å². The zero-order valence-corrected chi connectivity index (χ0v) is 18.0. The van der Waals surface area contributed by atoms with Gasteiger partial charge < -0.3 is 19.1 Å². The molecule has 0 bridgehead atoms. The molecule has 0 saturated heterocycles. The fourth-order valence-electron chi connectivity index (χ4n) is 3.31. The van der Waals surface area contributed by atoms with E-state index in [-0.39, 0.29) is 17.8 Å². The Morgan fingerprint density at radius 1 is 0.867 bits per heavy atom. The van der Waals surface area contributed by atoms with E-state index >= 15 is 0 Å². The fourth-order valence-corrected chi connectivity index (χ4v) is 3.31. The second-order valence-corrected chi connectivity index (χ2v) is 7.20. The van der Waals surface area contributed by atoms with E-state index < -0.39 is 0 Å². The number of hydrogen-bond acceptors (Lipinski definition) is 6. The van der Waals surface area contributed by atoms with Crippen LogP contribution in [0, 0.1) is 0 Å². The lowest BCUT2D eigenvalue weighted by Gasteiger charge is -2.18. The lowest BCUT2D eigenvalue weighted by molar-refractivity contribution is 0.355. The highest BCUT2D eigenvalue weighted by atomic mass is 16.5. The first kappa shape index (κ1) is 21.4. The lowest BCUT2D eigenvalue weighted by atomic mass is 10.2. The van der Waals surface area contributed by atoms with Crippen molar-refractivity contribution in [3.05, 3.63) is 62.8 Å². The van der Waals surface area contributed by atoms with Gasteiger partial charge in [0.25, 0.3) is 5.56 Å². The molecule has 1 heterocycles. The minimum atomic E-state index is -0.368. The summed E-state index contributed by atoms with van der Waals surface area (Å²) in [4.78, 5) is 28.5. The largest absolute Gasteiger partial charge is 0.497 e. The summed E-state index contributed by atoms with van der Waals surface area (Å²) >= 11 is 0. The van der Waals surface area contributed by atoms with E-state index in [0.717, 1.165) is 5.56 Å². The van der Waals surface area contributed by atoms with Gasteiger partial charge in [0.05, 0.1) is 38.8 Å². The van der Waals surface area contributed by atoms with E-state index in [9.17, 15) is 9.59 Å². The number of ether oxygens (including phenoxy) is 3. The summed E-state index contributed by atoms with van der Waals surface area (Å²) in [6.07, 6.45) is 0. The summed E-state index contributed by atoms with van der Waals surface area (Å²) in [7, 11) is 8.50. The number of aromatic nitrogens is 2. The van der Waals surface area contributed by atoms with E-state index in [1.54, 1.807) is 35.9 Å². The summed E-state index contributed by atoms with van der Waals surface area (Å²) in [5.74, 6) is 1.62. The average molecular weight is 413 g/mol. The second kappa shape index (κ2) is 9.04. The average Bonchev–Trinajstić information content (AvgIpc) is 2.75. The van der Waals surface area contributed by atoms with E-state index in [0.29, 0.717) is 41.2 Å². The Hall–Kier alpha value is -3.26. The zero-order valence-electron chi connectivity index (χ0n) is 18.0. The molecule has 3 rings (SSSR count). The van der Waals surface area contributed by atoms with Crippen molar-refractivity contribution in [3.63, 3.8) is 0 Å². The Morgan fingerprint density at radius 3 is 2.07 bits per heavy atom. The third-order valence-electron chi connectivity index (χ3n) is 5.00. The van der Waals surface area contributed by atoms with Crippen LogP contribution in [0.1, 0.15) is 5.56 Å². The van der Waals surface area contributed by atoms with Crippen molar-refractivity contribution in [1.29, 1.82) is 0 Å². The molecule has 2 aromatic carbocycles. The molecule has 0 aliphatic heterocycles. The van der Waals surface area contributed by atoms with Gasteiger partial charge in [-0.15, -0.1) is 0 Å². The maximum Gasteiger partial charge on any atom is 0.331 e. The highest BCUT2D eigenvalue weighted by Crippen LogP contribution is 2.30. The highest BCUT2D eigenvalue weighted by molar-refractivity contribution is 5.82. The molecule has 0 aliphatic rings. The molecular weight excluding hydrogens is 386 g/mol. The van der Waals surface area contributed by atoms with Crippen molar-refractivity contribution >= 4 is 10.9 Å². The zero-order chi connectivity index (χ0) is 21.8. The molecule has 0 saturated carbocycles. The molecule has 0 fully saturated rings. The molecule has 0 amide bonds. The predicted octanol–water partition coefficient (Wildman–Crippen LogP) is 1.80. The Morgan fingerprint density at radius 2 is 1.50 bits per heavy atom. The van der Waals surface area contributed by atoms with Gasteiger partial charge >= 0.3 is 5.69 Å². The Bertz CT molecular complexity index is 1150. The molecule has 160 valence electrons. The van der Waals surface area contributed by atoms with Gasteiger partial charge in [-0.1, -0.05) is 12.1 Å². The van der Waals surface area contributed by atoms with Crippen molar-refractivity contribution in [2.45, 2.75) is 13.1 Å². The third-order valence-corrected chi connectivity index (χ3v) is 5.00. The van der Waals surface area contributed by atoms with Gasteiger partial charge in [-0.05, 0) is 37.9 Å². The van der Waals surface area contributed by atoms with Gasteiger partial charge in [0.2, 0.25) is 0 Å². The quantitative estimate of drug-likeness (QED) is 0.561. The van der Waals surface area contributed by atoms with Gasteiger partial charge in [0, 0.05) is 19.2 Å². The van der Waals surface area contributed by atoms with E-state index in [2.05, 4.69) is 0 Å². The first-order chi connectivity index (χ1) is 14.4. The molecule has 30 heavy (non-hydrogen) atoms. The van der Waals surface area contributed by atoms with Gasteiger partial charge in [0.1, 0.15) is 5.75 Å². The van der Waals surface area contributed by atoms with Crippen LogP contribution in [0.3, 0.4) is 0 Å². The van der Waals surface area contributed by atoms with Crippen LogP contribution in [0.15, 0.2) is 46.0 Å². The summed E-state index contributed by atoms with van der Waals surface area (Å²) in [5.41, 5.74) is 0.620. The topological polar surface area (TPSA) is 74.9 Å². The summed E-state index contributed by atoms with van der Waals surface area (Å²) < 4.78 is 18.8. The van der Waals surface area contributed by atoms with Gasteiger partial charge in [-0.3, -0.25) is 13.9 Å². The van der Waals surface area contributed by atoms with Gasteiger partial charge in [0.15, 0.2) is 11.5 Å². The number of likely N-dealkylation sites (N-methyl/N-ethyl adjacent to an activating group) is 1. The maximum absolute atomic E-state index is 13.3. The van der Waals surface area contributed by atoms with Crippen LogP contribution in [0.2, 0.25) is 0 Å². The van der Waals surface area contributed by atoms with Crippen LogP contribution in [-0.2, 0) is 13.1 Å². The number of fused-ring (bicyclic) bond motifs is 1. The first-order valence-corrected chi connectivity index (χ1v) is 9.56. The molecule has 3 aromatic rings. The predicted molar refractivity (Wildman–Crippen MR) is 116 cm³/mol. The van der Waals surface area contributed by atoms with E-state index in [4.69, 9.17) is 14.2 Å². The number of nitrogens with zero attached hydrogens (tertiary/aromatic N) is 3.